The van der Waals surface area contributed by atoms with E-state index in [2.05, 4.69) is 0 Å². The van der Waals surface area contributed by atoms with E-state index >= 15 is 0 Å². The lowest BCUT2D eigenvalue weighted by Gasteiger charge is -2.11. The number of methoxy groups -OCH3 is 1. The van der Waals surface area contributed by atoms with E-state index in [1.807, 2.05) is 0 Å². The van der Waals surface area contributed by atoms with Crippen LogP contribution >= 0.6 is 11.6 Å². The van der Waals surface area contributed by atoms with Crippen LogP contribution in [0.5, 0.6) is 11.5 Å². The lowest BCUT2D eigenvalue weighted by Crippen LogP contribution is -1.99. The van der Waals surface area contributed by atoms with Crippen molar-refractivity contribution in [2.45, 2.75) is 19.3 Å². The molecule has 0 saturated heterocycles. The first-order valence-corrected chi connectivity index (χ1v) is 5.30. The van der Waals surface area contributed by atoms with E-state index in [0.717, 1.165) is 6.07 Å². The standard InChI is InChI=1S/C11H12ClFO4/c1-17-8-5-7(13)10(12)6(11(8)16)3-2-4-9(14)15/h5,16H,2-4H2,1H3,(H,14,15). The zero-order chi connectivity index (χ0) is 13.0. The van der Waals surface area contributed by atoms with Crippen molar-refractivity contribution in [2.24, 2.45) is 0 Å². The van der Waals surface area contributed by atoms with Gasteiger partial charge in [-0.2, -0.15) is 0 Å². The molecule has 17 heavy (non-hydrogen) atoms. The monoisotopic (exact) mass is 262 g/mol. The van der Waals surface area contributed by atoms with Gasteiger partial charge in [-0.25, -0.2) is 4.39 Å². The highest BCUT2D eigenvalue weighted by Crippen LogP contribution is 2.37. The molecule has 0 fully saturated rings. The van der Waals surface area contributed by atoms with Crippen molar-refractivity contribution in [3.05, 3.63) is 22.5 Å². The Bertz CT molecular complexity index is 434. The van der Waals surface area contributed by atoms with E-state index in [9.17, 15) is 14.3 Å². The first-order valence-electron chi connectivity index (χ1n) is 4.93. The first kappa shape index (κ1) is 13.6. The second-order valence-electron chi connectivity index (χ2n) is 3.45. The maximum absolute atomic E-state index is 13.4. The van der Waals surface area contributed by atoms with Crippen molar-refractivity contribution in [3.63, 3.8) is 0 Å². The van der Waals surface area contributed by atoms with Gasteiger partial charge < -0.3 is 14.9 Å². The molecule has 0 aliphatic heterocycles. The molecule has 0 aliphatic carbocycles. The van der Waals surface area contributed by atoms with Gasteiger partial charge in [-0.15, -0.1) is 0 Å². The molecule has 94 valence electrons. The lowest BCUT2D eigenvalue weighted by atomic mass is 10.1. The SMILES string of the molecule is COc1cc(F)c(Cl)c(CCCC(=O)O)c1O. The van der Waals surface area contributed by atoms with Gasteiger partial charge in [0.05, 0.1) is 12.1 Å². The summed E-state index contributed by atoms with van der Waals surface area (Å²) in [5, 5.41) is 18.0. The van der Waals surface area contributed by atoms with Gasteiger partial charge >= 0.3 is 5.97 Å². The van der Waals surface area contributed by atoms with E-state index < -0.39 is 11.8 Å². The fourth-order valence-corrected chi connectivity index (χ4v) is 1.68. The number of carboxylic acids is 1. The number of aliphatic carboxylic acids is 1. The molecular weight excluding hydrogens is 251 g/mol. The van der Waals surface area contributed by atoms with E-state index in [1.165, 1.54) is 7.11 Å². The predicted octanol–water partition coefficient (Wildman–Crippen LogP) is 2.60. The summed E-state index contributed by atoms with van der Waals surface area (Å²) < 4.78 is 18.1. The van der Waals surface area contributed by atoms with Crippen molar-refractivity contribution in [1.29, 1.82) is 0 Å². The highest BCUT2D eigenvalue weighted by atomic mass is 35.5. The molecule has 2 N–H and O–H groups in total. The second kappa shape index (κ2) is 5.72. The number of phenolic OH excluding ortho intramolecular Hbond substituents is 1. The van der Waals surface area contributed by atoms with Crippen molar-refractivity contribution < 1.29 is 24.1 Å². The van der Waals surface area contributed by atoms with E-state index in [-0.39, 0.29) is 41.3 Å². The molecule has 0 saturated carbocycles. The molecule has 0 aliphatic rings. The van der Waals surface area contributed by atoms with Crippen LogP contribution in [0.1, 0.15) is 18.4 Å². The van der Waals surface area contributed by atoms with Crippen LogP contribution in [0.3, 0.4) is 0 Å². The number of carbonyl (C=O) groups is 1. The number of rotatable bonds is 5. The molecule has 1 aromatic carbocycles. The summed E-state index contributed by atoms with van der Waals surface area (Å²) in [7, 11) is 1.30. The number of aromatic hydroxyl groups is 1. The zero-order valence-corrected chi connectivity index (χ0v) is 9.92. The summed E-state index contributed by atoms with van der Waals surface area (Å²) in [6, 6.07) is 0.984. The minimum absolute atomic E-state index is 0.0165. The molecule has 1 rings (SSSR count). The third kappa shape index (κ3) is 3.23. The summed E-state index contributed by atoms with van der Waals surface area (Å²) in [5.74, 6) is -1.92. The maximum atomic E-state index is 13.4. The number of ether oxygens (including phenoxy) is 1. The molecular formula is C11H12ClFO4. The van der Waals surface area contributed by atoms with Crippen molar-refractivity contribution in [3.8, 4) is 11.5 Å². The molecule has 4 nitrogen and oxygen atoms in total. The third-order valence-corrected chi connectivity index (χ3v) is 2.70. The molecule has 0 bridgehead atoms. The molecule has 0 aromatic heterocycles. The van der Waals surface area contributed by atoms with Crippen molar-refractivity contribution in [2.75, 3.05) is 7.11 Å². The second-order valence-corrected chi connectivity index (χ2v) is 3.83. The summed E-state index contributed by atoms with van der Waals surface area (Å²) in [5.41, 5.74) is 0.171. The quantitative estimate of drug-likeness (QED) is 0.856. The normalized spacial score (nSPS) is 10.3. The minimum atomic E-state index is -0.955. The number of benzene rings is 1. The summed E-state index contributed by atoms with van der Waals surface area (Å²) in [4.78, 5) is 10.4. The Kier molecular flexibility index (Phi) is 4.57. The summed E-state index contributed by atoms with van der Waals surface area (Å²) in [6.07, 6.45) is 0.356. The molecule has 0 amide bonds. The van der Waals surface area contributed by atoms with Crippen LogP contribution in [0.25, 0.3) is 0 Å². The first-order chi connectivity index (χ1) is 7.97. The Hall–Kier alpha value is -1.49. The minimum Gasteiger partial charge on any atom is -0.504 e. The van der Waals surface area contributed by atoms with Gasteiger partial charge in [0.1, 0.15) is 5.82 Å². The Morgan fingerprint density at radius 3 is 2.76 bits per heavy atom. The van der Waals surface area contributed by atoms with Crippen molar-refractivity contribution in [1.82, 2.24) is 0 Å². The van der Waals surface area contributed by atoms with Gasteiger partial charge in [-0.3, -0.25) is 4.79 Å². The zero-order valence-electron chi connectivity index (χ0n) is 9.17. The molecule has 0 radical (unpaired) electrons. The smallest absolute Gasteiger partial charge is 0.303 e. The topological polar surface area (TPSA) is 66.8 Å². The summed E-state index contributed by atoms with van der Waals surface area (Å²) >= 11 is 5.70. The number of halogens is 2. The number of hydrogen-bond acceptors (Lipinski definition) is 3. The van der Waals surface area contributed by atoms with Crippen molar-refractivity contribution >= 4 is 17.6 Å². The fraction of sp³-hybridized carbons (Fsp3) is 0.364. The fourth-order valence-electron chi connectivity index (χ4n) is 1.44. The van der Waals surface area contributed by atoms with E-state index in [0.29, 0.717) is 0 Å². The highest BCUT2D eigenvalue weighted by molar-refractivity contribution is 6.31. The van der Waals surface area contributed by atoms with Crippen LogP contribution in [-0.2, 0) is 11.2 Å². The molecule has 0 unspecified atom stereocenters. The molecule has 1 aromatic rings. The van der Waals surface area contributed by atoms with Gasteiger partial charge in [0.2, 0.25) is 0 Å². The van der Waals surface area contributed by atoms with Gasteiger partial charge in [-0.1, -0.05) is 11.6 Å². The van der Waals surface area contributed by atoms with Crippen LogP contribution in [0.4, 0.5) is 4.39 Å². The molecule has 0 spiro atoms. The van der Waals surface area contributed by atoms with E-state index in [4.69, 9.17) is 21.4 Å². The van der Waals surface area contributed by atoms with Crippen LogP contribution in [-0.4, -0.2) is 23.3 Å². The van der Waals surface area contributed by atoms with Crippen LogP contribution in [0, 0.1) is 5.82 Å². The summed E-state index contributed by atoms with van der Waals surface area (Å²) in [6.45, 7) is 0. The number of phenols is 1. The highest BCUT2D eigenvalue weighted by Gasteiger charge is 2.17. The average molecular weight is 263 g/mol. The lowest BCUT2D eigenvalue weighted by molar-refractivity contribution is -0.137. The van der Waals surface area contributed by atoms with Crippen LogP contribution < -0.4 is 4.74 Å². The van der Waals surface area contributed by atoms with Crippen LogP contribution in [0.2, 0.25) is 5.02 Å². The molecule has 0 heterocycles. The number of carboxylic acid groups (broad SMARTS) is 1. The molecule has 0 atom stereocenters. The van der Waals surface area contributed by atoms with Gasteiger partial charge in [-0.05, 0) is 12.8 Å². The van der Waals surface area contributed by atoms with Gasteiger partial charge in [0.15, 0.2) is 11.5 Å². The maximum Gasteiger partial charge on any atom is 0.303 e. The van der Waals surface area contributed by atoms with Gasteiger partial charge in [0, 0.05) is 18.1 Å². The van der Waals surface area contributed by atoms with Crippen LogP contribution in [0.15, 0.2) is 6.07 Å². The Labute approximate surface area is 103 Å². The average Bonchev–Trinajstić information content (AvgIpc) is 2.27. The molecule has 6 heteroatoms. The van der Waals surface area contributed by atoms with E-state index in [1.54, 1.807) is 0 Å². The predicted molar refractivity (Wildman–Crippen MR) is 60.2 cm³/mol. The number of hydrogen-bond donors (Lipinski definition) is 2. The largest absolute Gasteiger partial charge is 0.504 e. The Morgan fingerprint density at radius 1 is 1.59 bits per heavy atom. The van der Waals surface area contributed by atoms with Gasteiger partial charge in [0.25, 0.3) is 0 Å². The third-order valence-electron chi connectivity index (χ3n) is 2.29. The Morgan fingerprint density at radius 2 is 2.24 bits per heavy atom. The Balaban J connectivity index is 2.96.